The van der Waals surface area contributed by atoms with Gasteiger partial charge in [0.2, 0.25) is 0 Å². The summed E-state index contributed by atoms with van der Waals surface area (Å²) in [4.78, 5) is 8.48. The molecule has 0 saturated carbocycles. The third-order valence-corrected chi connectivity index (χ3v) is 6.98. The minimum Gasteiger partial charge on any atom is -0.253 e. The third-order valence-electron chi connectivity index (χ3n) is 5.29. The van der Waals surface area contributed by atoms with E-state index in [2.05, 4.69) is 15.1 Å². The summed E-state index contributed by atoms with van der Waals surface area (Å²) in [6.07, 6.45) is 3.42. The molecular weight excluding hydrogens is 434 g/mol. The SMILES string of the molecule is O=S(=O)(c1ccc(F)cc1)N1N=C(c2ccc(F)cc2)C[C@H]1c1ccc2nccnc2c1. The molecule has 1 atom stereocenters. The number of nitrogens with zero attached hydrogens (tertiary/aromatic N) is 4. The van der Waals surface area contributed by atoms with Crippen LogP contribution in [0.5, 0.6) is 0 Å². The maximum atomic E-state index is 13.4. The molecule has 0 radical (unpaired) electrons. The Balaban J connectivity index is 1.62. The van der Waals surface area contributed by atoms with Gasteiger partial charge in [-0.05, 0) is 59.7 Å². The van der Waals surface area contributed by atoms with Gasteiger partial charge in [-0.25, -0.2) is 8.78 Å². The molecule has 32 heavy (non-hydrogen) atoms. The second-order valence-corrected chi connectivity index (χ2v) is 9.11. The Labute approximate surface area is 182 Å². The van der Waals surface area contributed by atoms with Crippen molar-refractivity contribution in [1.82, 2.24) is 14.4 Å². The van der Waals surface area contributed by atoms with Gasteiger partial charge in [-0.15, -0.1) is 0 Å². The van der Waals surface area contributed by atoms with E-state index in [0.29, 0.717) is 27.9 Å². The highest BCUT2D eigenvalue weighted by atomic mass is 32.2. The van der Waals surface area contributed by atoms with E-state index >= 15 is 0 Å². The fourth-order valence-electron chi connectivity index (χ4n) is 3.68. The Kier molecular flexibility index (Phi) is 4.90. The van der Waals surface area contributed by atoms with Crippen molar-refractivity contribution in [3.05, 3.63) is 102 Å². The van der Waals surface area contributed by atoms with E-state index in [0.717, 1.165) is 16.5 Å². The minimum absolute atomic E-state index is 0.0754. The van der Waals surface area contributed by atoms with Gasteiger partial charge >= 0.3 is 0 Å². The molecule has 0 unspecified atom stereocenters. The van der Waals surface area contributed by atoms with Crippen LogP contribution in [0.25, 0.3) is 11.0 Å². The molecule has 6 nitrogen and oxygen atoms in total. The Morgan fingerprint density at radius 1 is 0.812 bits per heavy atom. The predicted molar refractivity (Wildman–Crippen MR) is 115 cm³/mol. The second kappa shape index (κ2) is 7.76. The molecule has 160 valence electrons. The van der Waals surface area contributed by atoms with Gasteiger partial charge in [-0.2, -0.15) is 17.9 Å². The highest BCUT2D eigenvalue weighted by Crippen LogP contribution is 2.37. The molecule has 9 heteroatoms. The summed E-state index contributed by atoms with van der Waals surface area (Å²) in [6.45, 7) is 0. The van der Waals surface area contributed by atoms with Crippen molar-refractivity contribution in [2.45, 2.75) is 17.4 Å². The molecule has 5 rings (SSSR count). The monoisotopic (exact) mass is 450 g/mol. The first-order valence-corrected chi connectivity index (χ1v) is 11.2. The molecule has 1 aliphatic heterocycles. The van der Waals surface area contributed by atoms with Gasteiger partial charge in [-0.3, -0.25) is 9.97 Å². The molecular formula is C23H16F2N4O2S. The lowest BCUT2D eigenvalue weighted by atomic mass is 9.99. The van der Waals surface area contributed by atoms with Crippen LogP contribution in [-0.2, 0) is 10.0 Å². The molecule has 2 heterocycles. The zero-order valence-electron chi connectivity index (χ0n) is 16.6. The summed E-state index contributed by atoms with van der Waals surface area (Å²) >= 11 is 0. The minimum atomic E-state index is -4.09. The standard InChI is InChI=1S/C23H16F2N4O2S/c24-17-4-1-15(2-5-17)21-14-23(16-3-10-20-22(13-16)27-12-11-26-20)29(28-21)32(30,31)19-8-6-18(25)7-9-19/h1-13,23H,14H2/t23-/m0/s1. The summed E-state index contributed by atoms with van der Waals surface area (Å²) in [5.41, 5.74) is 3.11. The fraction of sp³-hybridized carbons (Fsp3) is 0.0870. The molecule has 1 aromatic heterocycles. The van der Waals surface area contributed by atoms with Crippen molar-refractivity contribution in [1.29, 1.82) is 0 Å². The van der Waals surface area contributed by atoms with Crippen LogP contribution in [0.3, 0.4) is 0 Å². The van der Waals surface area contributed by atoms with Crippen LogP contribution in [0.1, 0.15) is 23.6 Å². The van der Waals surface area contributed by atoms with Gasteiger partial charge in [-0.1, -0.05) is 18.2 Å². The maximum Gasteiger partial charge on any atom is 0.279 e. The highest BCUT2D eigenvalue weighted by molar-refractivity contribution is 7.89. The number of hydrazone groups is 1. The molecule has 0 amide bonds. The average molecular weight is 450 g/mol. The van der Waals surface area contributed by atoms with Gasteiger partial charge < -0.3 is 0 Å². The van der Waals surface area contributed by atoms with E-state index in [9.17, 15) is 17.2 Å². The number of hydrogen-bond acceptors (Lipinski definition) is 5. The number of hydrogen-bond donors (Lipinski definition) is 0. The summed E-state index contributed by atoms with van der Waals surface area (Å²) < 4.78 is 54.7. The van der Waals surface area contributed by atoms with Crippen LogP contribution >= 0.6 is 0 Å². The highest BCUT2D eigenvalue weighted by Gasteiger charge is 2.38. The summed E-state index contributed by atoms with van der Waals surface area (Å²) in [6, 6.07) is 15.0. The Morgan fingerprint density at radius 3 is 2.12 bits per heavy atom. The topological polar surface area (TPSA) is 75.5 Å². The second-order valence-electron chi connectivity index (χ2n) is 7.31. The lowest BCUT2D eigenvalue weighted by Gasteiger charge is -2.23. The van der Waals surface area contributed by atoms with Crippen LogP contribution in [-0.4, -0.2) is 28.5 Å². The van der Waals surface area contributed by atoms with E-state index < -0.39 is 27.7 Å². The van der Waals surface area contributed by atoms with Gasteiger partial charge in [0.05, 0.1) is 27.7 Å². The van der Waals surface area contributed by atoms with E-state index in [4.69, 9.17) is 0 Å². The van der Waals surface area contributed by atoms with Crippen LogP contribution in [0.2, 0.25) is 0 Å². The van der Waals surface area contributed by atoms with Crippen molar-refractivity contribution in [3.63, 3.8) is 0 Å². The maximum absolute atomic E-state index is 13.4. The molecule has 1 aliphatic rings. The fourth-order valence-corrected chi connectivity index (χ4v) is 5.11. The smallest absolute Gasteiger partial charge is 0.253 e. The lowest BCUT2D eigenvalue weighted by Crippen LogP contribution is -2.27. The predicted octanol–water partition coefficient (Wildman–Crippen LogP) is 4.45. The van der Waals surface area contributed by atoms with Gasteiger partial charge in [0, 0.05) is 18.8 Å². The lowest BCUT2D eigenvalue weighted by molar-refractivity contribution is 0.371. The number of sulfonamides is 1. The van der Waals surface area contributed by atoms with Crippen molar-refractivity contribution < 1.29 is 17.2 Å². The first-order valence-electron chi connectivity index (χ1n) is 9.76. The van der Waals surface area contributed by atoms with E-state index in [-0.39, 0.29) is 11.3 Å². The largest absolute Gasteiger partial charge is 0.279 e. The molecule has 3 aromatic carbocycles. The molecule has 0 aliphatic carbocycles. The molecule has 0 spiro atoms. The molecule has 0 fully saturated rings. The van der Waals surface area contributed by atoms with Gasteiger partial charge in [0.1, 0.15) is 11.6 Å². The normalized spacial score (nSPS) is 16.4. The van der Waals surface area contributed by atoms with Crippen molar-refractivity contribution in [3.8, 4) is 0 Å². The van der Waals surface area contributed by atoms with Crippen LogP contribution in [0, 0.1) is 11.6 Å². The first kappa shape index (κ1) is 20.2. The number of aromatic nitrogens is 2. The molecule has 0 N–H and O–H groups in total. The number of halogens is 2. The van der Waals surface area contributed by atoms with E-state index in [1.807, 2.05) is 0 Å². The van der Waals surface area contributed by atoms with Crippen molar-refractivity contribution in [2.75, 3.05) is 0 Å². The average Bonchev–Trinajstić information content (AvgIpc) is 3.26. The Morgan fingerprint density at radius 2 is 1.44 bits per heavy atom. The first-order chi connectivity index (χ1) is 15.4. The number of fused-ring (bicyclic) bond motifs is 1. The summed E-state index contributed by atoms with van der Waals surface area (Å²) in [7, 11) is -4.09. The summed E-state index contributed by atoms with van der Waals surface area (Å²) in [5.74, 6) is -0.932. The van der Waals surface area contributed by atoms with Crippen molar-refractivity contribution in [2.24, 2.45) is 5.10 Å². The summed E-state index contributed by atoms with van der Waals surface area (Å²) in [5, 5.41) is 4.41. The van der Waals surface area contributed by atoms with E-state index in [1.54, 1.807) is 42.7 Å². The molecule has 0 bridgehead atoms. The Hall–Kier alpha value is -3.72. The zero-order valence-corrected chi connectivity index (χ0v) is 17.4. The zero-order chi connectivity index (χ0) is 22.3. The van der Waals surface area contributed by atoms with Gasteiger partial charge in [0.15, 0.2) is 0 Å². The molecule has 0 saturated heterocycles. The van der Waals surface area contributed by atoms with Crippen LogP contribution < -0.4 is 0 Å². The van der Waals surface area contributed by atoms with Crippen LogP contribution in [0.15, 0.2) is 89.1 Å². The number of rotatable bonds is 4. The van der Waals surface area contributed by atoms with Crippen molar-refractivity contribution >= 4 is 26.8 Å². The third kappa shape index (κ3) is 3.60. The quantitative estimate of drug-likeness (QED) is 0.460. The van der Waals surface area contributed by atoms with Gasteiger partial charge in [0.25, 0.3) is 10.0 Å². The number of benzene rings is 3. The molecule has 4 aromatic rings. The Bertz CT molecular complexity index is 1440. The van der Waals surface area contributed by atoms with E-state index in [1.165, 1.54) is 24.3 Å². The van der Waals surface area contributed by atoms with Crippen LogP contribution in [0.4, 0.5) is 8.78 Å².